The number of halogens is 1. The molecule has 1 saturated carbocycles. The molecule has 0 spiro atoms. The highest BCUT2D eigenvalue weighted by Crippen LogP contribution is 2.34. The zero-order valence-corrected chi connectivity index (χ0v) is 19.9. The van der Waals surface area contributed by atoms with E-state index < -0.39 is 5.54 Å². The van der Waals surface area contributed by atoms with Crippen molar-refractivity contribution >= 4 is 22.8 Å². The molecule has 34 heavy (non-hydrogen) atoms. The zero-order valence-electron chi connectivity index (χ0n) is 19.9. The van der Waals surface area contributed by atoms with Crippen molar-refractivity contribution in [1.82, 2.24) is 19.8 Å². The predicted molar refractivity (Wildman–Crippen MR) is 129 cm³/mol. The number of aromatic nitrogens is 2. The Morgan fingerprint density at radius 1 is 1.15 bits per heavy atom. The van der Waals surface area contributed by atoms with Crippen molar-refractivity contribution in [3.63, 3.8) is 0 Å². The monoisotopic (exact) mass is 462 g/mol. The molecule has 6 nitrogen and oxygen atoms in total. The van der Waals surface area contributed by atoms with Crippen LogP contribution >= 0.6 is 0 Å². The van der Waals surface area contributed by atoms with E-state index in [0.717, 1.165) is 29.4 Å². The first-order chi connectivity index (χ1) is 16.3. The highest BCUT2D eigenvalue weighted by atomic mass is 19.1. The van der Waals surface area contributed by atoms with Gasteiger partial charge in [0.05, 0.1) is 17.6 Å². The first-order valence-electron chi connectivity index (χ1n) is 12.1. The molecular weight excluding hydrogens is 431 g/mol. The molecule has 1 fully saturated rings. The van der Waals surface area contributed by atoms with E-state index in [1.807, 2.05) is 35.8 Å². The first-order valence-corrected chi connectivity index (χ1v) is 12.1. The Morgan fingerprint density at radius 3 is 2.65 bits per heavy atom. The third-order valence-electron chi connectivity index (χ3n) is 7.92. The van der Waals surface area contributed by atoms with E-state index in [4.69, 9.17) is 0 Å². The fourth-order valence-corrected chi connectivity index (χ4v) is 5.46. The Labute approximate surface area is 199 Å². The van der Waals surface area contributed by atoms with Crippen molar-refractivity contribution in [1.29, 1.82) is 0 Å². The molecule has 178 valence electrons. The molecule has 7 heteroatoms. The van der Waals surface area contributed by atoms with Gasteiger partial charge in [-0.15, -0.1) is 0 Å². The molecule has 2 aliphatic rings. The second-order valence-electron chi connectivity index (χ2n) is 10.1. The quantitative estimate of drug-likeness (QED) is 0.619. The maximum absolute atomic E-state index is 13.9. The minimum Gasteiger partial charge on any atom is -0.351 e. The summed E-state index contributed by atoms with van der Waals surface area (Å²) < 4.78 is 15.4. The maximum atomic E-state index is 13.9. The van der Waals surface area contributed by atoms with Crippen molar-refractivity contribution in [2.45, 2.75) is 64.7 Å². The minimum absolute atomic E-state index is 0.0803. The van der Waals surface area contributed by atoms with Gasteiger partial charge in [0.15, 0.2) is 5.82 Å². The van der Waals surface area contributed by atoms with Crippen LogP contribution in [0.25, 0.3) is 11.0 Å². The van der Waals surface area contributed by atoms with Gasteiger partial charge in [0.2, 0.25) is 5.91 Å². The number of benzene rings is 2. The van der Waals surface area contributed by atoms with Crippen LogP contribution in [0, 0.1) is 17.7 Å². The normalized spacial score (nSPS) is 27.0. The van der Waals surface area contributed by atoms with Crippen molar-refractivity contribution in [3.8, 4) is 0 Å². The average Bonchev–Trinajstić information content (AvgIpc) is 3.19. The largest absolute Gasteiger partial charge is 0.351 e. The first kappa shape index (κ1) is 22.6. The molecule has 2 amide bonds. The Bertz CT molecular complexity index is 1240. The topological polar surface area (TPSA) is 67.2 Å². The summed E-state index contributed by atoms with van der Waals surface area (Å²) in [6.07, 6.45) is 3.20. The molecule has 1 aromatic heterocycles. The van der Waals surface area contributed by atoms with Crippen LogP contribution in [0.1, 0.15) is 56.2 Å². The van der Waals surface area contributed by atoms with Crippen LogP contribution in [-0.2, 0) is 17.9 Å². The van der Waals surface area contributed by atoms with Gasteiger partial charge in [0, 0.05) is 12.6 Å². The van der Waals surface area contributed by atoms with Crippen LogP contribution in [0.4, 0.5) is 4.39 Å². The highest BCUT2D eigenvalue weighted by Gasteiger charge is 2.49. The number of carbonyl (C=O) groups is 2. The summed E-state index contributed by atoms with van der Waals surface area (Å²) in [4.78, 5) is 33.9. The predicted octanol–water partition coefficient (Wildman–Crippen LogP) is 4.53. The van der Waals surface area contributed by atoms with E-state index in [1.54, 1.807) is 17.0 Å². The fraction of sp³-hybridized carbons (Fsp3) is 0.444. The van der Waals surface area contributed by atoms with Crippen LogP contribution in [0.15, 0.2) is 48.5 Å². The van der Waals surface area contributed by atoms with Crippen LogP contribution in [0.5, 0.6) is 0 Å². The van der Waals surface area contributed by atoms with Crippen molar-refractivity contribution in [2.75, 3.05) is 0 Å². The summed E-state index contributed by atoms with van der Waals surface area (Å²) in [6.45, 7) is 6.76. The van der Waals surface area contributed by atoms with Gasteiger partial charge in [-0.05, 0) is 55.0 Å². The van der Waals surface area contributed by atoms with Crippen molar-refractivity contribution in [2.24, 2.45) is 11.8 Å². The Hall–Kier alpha value is -3.22. The fourth-order valence-electron chi connectivity index (χ4n) is 5.46. The lowest BCUT2D eigenvalue weighted by molar-refractivity contribution is -0.134. The van der Waals surface area contributed by atoms with Gasteiger partial charge >= 0.3 is 0 Å². The minimum atomic E-state index is -1.12. The molecule has 0 saturated heterocycles. The lowest BCUT2D eigenvalue weighted by atomic mass is 9.77. The third-order valence-corrected chi connectivity index (χ3v) is 7.92. The standard InChI is InChI=1S/C27H31FN4O2/c1-17-7-6-9-21(18(17)2)30-26(34)27(3)16-31-23-10-5-4-8-22(23)29-24(31)25(33)32(27)15-19-11-13-20(28)14-12-19/h4-5,8,10-14,17-18,21H,6-7,9,15-16H2,1-3H3,(H,30,34)/t17-,18+,21+,27-/m1/s1. The van der Waals surface area contributed by atoms with Crippen molar-refractivity contribution < 1.29 is 14.0 Å². The number of nitrogens with zero attached hydrogens (tertiary/aromatic N) is 3. The smallest absolute Gasteiger partial charge is 0.291 e. The molecule has 2 heterocycles. The number of para-hydroxylation sites is 2. The van der Waals surface area contributed by atoms with Crippen LogP contribution in [0.2, 0.25) is 0 Å². The number of imidazole rings is 1. The summed E-state index contributed by atoms with van der Waals surface area (Å²) in [5, 5.41) is 3.30. The third kappa shape index (κ3) is 3.77. The molecule has 0 radical (unpaired) electrons. The number of carbonyl (C=O) groups excluding carboxylic acids is 2. The summed E-state index contributed by atoms with van der Waals surface area (Å²) in [6, 6.07) is 13.8. The molecule has 1 aliphatic heterocycles. The molecule has 1 N–H and O–H groups in total. The number of fused-ring (bicyclic) bond motifs is 3. The van der Waals surface area contributed by atoms with E-state index in [-0.39, 0.29) is 30.2 Å². The van der Waals surface area contributed by atoms with Gasteiger partial charge < -0.3 is 14.8 Å². The number of rotatable bonds is 4. The molecule has 5 rings (SSSR count). The van der Waals surface area contributed by atoms with Gasteiger partial charge in [0.25, 0.3) is 5.91 Å². The van der Waals surface area contributed by atoms with Gasteiger partial charge in [-0.25, -0.2) is 9.37 Å². The number of hydrogen-bond donors (Lipinski definition) is 1. The lowest BCUT2D eigenvalue weighted by Gasteiger charge is -2.45. The van der Waals surface area contributed by atoms with E-state index >= 15 is 0 Å². The van der Waals surface area contributed by atoms with Crippen LogP contribution in [0.3, 0.4) is 0 Å². The van der Waals surface area contributed by atoms with Gasteiger partial charge in [0.1, 0.15) is 11.4 Å². The zero-order chi connectivity index (χ0) is 24.0. The SMILES string of the molecule is C[C@H]1[C@H](C)CCC[C@@H]1NC(=O)[C@@]1(C)Cn2c(nc3ccccc32)C(=O)N1Cc1ccc(F)cc1. The second kappa shape index (κ2) is 8.53. The number of amides is 2. The van der Waals surface area contributed by atoms with Crippen LogP contribution < -0.4 is 5.32 Å². The molecule has 0 bridgehead atoms. The summed E-state index contributed by atoms with van der Waals surface area (Å²) in [7, 11) is 0. The summed E-state index contributed by atoms with van der Waals surface area (Å²) in [5.74, 6) is 0.451. The molecular formula is C27H31FN4O2. The van der Waals surface area contributed by atoms with Crippen LogP contribution in [-0.4, -0.2) is 37.8 Å². The molecule has 3 aromatic rings. The Kier molecular flexibility index (Phi) is 5.66. The Morgan fingerprint density at radius 2 is 1.88 bits per heavy atom. The molecule has 4 atom stereocenters. The van der Waals surface area contributed by atoms with Gasteiger partial charge in [-0.2, -0.15) is 0 Å². The second-order valence-corrected chi connectivity index (χ2v) is 10.1. The number of hydrogen-bond acceptors (Lipinski definition) is 3. The van der Waals surface area contributed by atoms with Crippen molar-refractivity contribution in [3.05, 3.63) is 65.7 Å². The highest BCUT2D eigenvalue weighted by molar-refractivity contribution is 6.01. The van der Waals surface area contributed by atoms with E-state index in [1.165, 1.54) is 18.6 Å². The molecule has 1 aliphatic carbocycles. The van der Waals surface area contributed by atoms with E-state index in [9.17, 15) is 14.0 Å². The Balaban J connectivity index is 1.54. The van der Waals surface area contributed by atoms with E-state index in [2.05, 4.69) is 24.1 Å². The van der Waals surface area contributed by atoms with Gasteiger partial charge in [-0.3, -0.25) is 9.59 Å². The molecule has 0 unspecified atom stereocenters. The van der Waals surface area contributed by atoms with E-state index in [0.29, 0.717) is 24.2 Å². The average molecular weight is 463 g/mol. The summed E-state index contributed by atoms with van der Waals surface area (Å²) >= 11 is 0. The molecule has 2 aromatic carbocycles. The number of nitrogens with one attached hydrogen (secondary N) is 1. The van der Waals surface area contributed by atoms with Gasteiger partial charge in [-0.1, -0.05) is 51.0 Å². The lowest BCUT2D eigenvalue weighted by Crippen LogP contribution is -2.65. The summed E-state index contributed by atoms with van der Waals surface area (Å²) in [5.41, 5.74) is 1.21. The maximum Gasteiger partial charge on any atom is 0.291 e.